The Morgan fingerprint density at radius 1 is 0.875 bits per heavy atom. The van der Waals surface area contributed by atoms with Gasteiger partial charge in [-0.2, -0.15) is 0 Å². The van der Waals surface area contributed by atoms with Crippen molar-refractivity contribution < 1.29 is 5.11 Å². The molecule has 2 aliphatic carbocycles. The normalized spacial score (nSPS) is 38.2. The Hall–Kier alpha value is -0.0800. The van der Waals surface area contributed by atoms with E-state index in [0.29, 0.717) is 0 Å². The van der Waals surface area contributed by atoms with Crippen LogP contribution in [0.15, 0.2) is 0 Å². The van der Waals surface area contributed by atoms with Crippen molar-refractivity contribution >= 4 is 0 Å². The molecule has 0 aromatic rings. The Morgan fingerprint density at radius 2 is 1.44 bits per heavy atom. The average Bonchev–Trinajstić information content (AvgIpc) is 2.40. The number of hydrogen-bond acceptors (Lipinski definition) is 2. The lowest BCUT2D eigenvalue weighted by Crippen LogP contribution is -2.59. The Bertz CT molecular complexity index is 246. The van der Waals surface area contributed by atoms with Gasteiger partial charge in [0.15, 0.2) is 0 Å². The monoisotopic (exact) mass is 225 g/mol. The molecule has 2 nitrogen and oxygen atoms in total. The SMILES string of the molecule is CC1(C)CCC(O)(C2(N)CCCCCC2)C1. The largest absolute Gasteiger partial charge is 0.388 e. The molecule has 1 unspecified atom stereocenters. The van der Waals surface area contributed by atoms with Crippen LogP contribution in [-0.2, 0) is 0 Å². The zero-order valence-electron chi connectivity index (χ0n) is 10.9. The summed E-state index contributed by atoms with van der Waals surface area (Å²) in [5, 5.41) is 10.9. The highest BCUT2D eigenvalue weighted by atomic mass is 16.3. The number of rotatable bonds is 1. The van der Waals surface area contributed by atoms with Gasteiger partial charge in [-0.25, -0.2) is 0 Å². The number of hydrogen-bond donors (Lipinski definition) is 2. The topological polar surface area (TPSA) is 46.2 Å². The first-order valence-electron chi connectivity index (χ1n) is 6.88. The van der Waals surface area contributed by atoms with E-state index < -0.39 is 5.60 Å². The smallest absolute Gasteiger partial charge is 0.0831 e. The van der Waals surface area contributed by atoms with Gasteiger partial charge in [-0.15, -0.1) is 0 Å². The van der Waals surface area contributed by atoms with Gasteiger partial charge in [0, 0.05) is 5.54 Å². The second kappa shape index (κ2) is 3.99. The Labute approximate surface area is 99.6 Å². The maximum atomic E-state index is 10.9. The maximum absolute atomic E-state index is 10.9. The minimum absolute atomic E-state index is 0.271. The molecule has 3 N–H and O–H groups in total. The summed E-state index contributed by atoms with van der Waals surface area (Å²) in [5.74, 6) is 0. The van der Waals surface area contributed by atoms with Crippen molar-refractivity contribution in [1.29, 1.82) is 0 Å². The lowest BCUT2D eigenvalue weighted by Gasteiger charge is -2.43. The molecule has 0 aromatic carbocycles. The fourth-order valence-electron chi connectivity index (χ4n) is 3.76. The zero-order valence-corrected chi connectivity index (χ0v) is 10.9. The maximum Gasteiger partial charge on any atom is 0.0831 e. The van der Waals surface area contributed by atoms with Crippen LogP contribution in [0.4, 0.5) is 0 Å². The number of nitrogens with two attached hydrogens (primary N) is 1. The quantitative estimate of drug-likeness (QED) is 0.674. The Kier molecular flexibility index (Phi) is 3.09. The summed E-state index contributed by atoms with van der Waals surface area (Å²) < 4.78 is 0. The molecule has 2 rings (SSSR count). The molecule has 0 aliphatic heterocycles. The van der Waals surface area contributed by atoms with E-state index in [1.54, 1.807) is 0 Å². The van der Waals surface area contributed by atoms with Crippen molar-refractivity contribution in [2.45, 2.75) is 82.8 Å². The van der Waals surface area contributed by atoms with E-state index in [4.69, 9.17) is 5.73 Å². The molecule has 0 amide bonds. The molecule has 94 valence electrons. The van der Waals surface area contributed by atoms with Crippen LogP contribution in [0.25, 0.3) is 0 Å². The van der Waals surface area contributed by atoms with Crippen molar-refractivity contribution in [2.24, 2.45) is 11.1 Å². The fourth-order valence-corrected chi connectivity index (χ4v) is 3.76. The van der Waals surface area contributed by atoms with Gasteiger partial charge >= 0.3 is 0 Å². The molecule has 0 saturated heterocycles. The van der Waals surface area contributed by atoms with E-state index in [-0.39, 0.29) is 11.0 Å². The van der Waals surface area contributed by atoms with Gasteiger partial charge in [0.1, 0.15) is 0 Å². The number of aliphatic hydroxyl groups is 1. The van der Waals surface area contributed by atoms with E-state index in [2.05, 4.69) is 13.8 Å². The minimum Gasteiger partial charge on any atom is -0.388 e. The fraction of sp³-hybridized carbons (Fsp3) is 1.00. The molecule has 2 heteroatoms. The van der Waals surface area contributed by atoms with Crippen molar-refractivity contribution in [3.05, 3.63) is 0 Å². The Balaban J connectivity index is 2.15. The van der Waals surface area contributed by atoms with Crippen LogP contribution in [0.3, 0.4) is 0 Å². The summed E-state index contributed by atoms with van der Waals surface area (Å²) >= 11 is 0. The summed E-state index contributed by atoms with van der Waals surface area (Å²) in [7, 11) is 0. The first-order valence-corrected chi connectivity index (χ1v) is 6.88. The molecule has 2 aliphatic rings. The zero-order chi connectivity index (χ0) is 11.9. The molecule has 2 fully saturated rings. The summed E-state index contributed by atoms with van der Waals surface area (Å²) in [6, 6.07) is 0. The van der Waals surface area contributed by atoms with Gasteiger partial charge in [0.25, 0.3) is 0 Å². The first-order chi connectivity index (χ1) is 7.37. The molecule has 0 spiro atoms. The third-order valence-electron chi connectivity index (χ3n) is 4.91. The third kappa shape index (κ3) is 2.14. The van der Waals surface area contributed by atoms with Gasteiger partial charge in [0.2, 0.25) is 0 Å². The van der Waals surface area contributed by atoms with Crippen LogP contribution < -0.4 is 5.73 Å². The molecule has 0 radical (unpaired) electrons. The summed E-state index contributed by atoms with van der Waals surface area (Å²) in [6.45, 7) is 4.51. The lowest BCUT2D eigenvalue weighted by molar-refractivity contribution is -0.0443. The third-order valence-corrected chi connectivity index (χ3v) is 4.91. The molecule has 16 heavy (non-hydrogen) atoms. The van der Waals surface area contributed by atoms with Crippen molar-refractivity contribution in [1.82, 2.24) is 0 Å². The molecular weight excluding hydrogens is 198 g/mol. The first kappa shape index (κ1) is 12.4. The van der Waals surface area contributed by atoms with E-state index in [9.17, 15) is 5.11 Å². The lowest BCUT2D eigenvalue weighted by atomic mass is 9.72. The van der Waals surface area contributed by atoms with Crippen LogP contribution in [0.2, 0.25) is 0 Å². The van der Waals surface area contributed by atoms with Gasteiger partial charge in [-0.05, 0) is 37.5 Å². The van der Waals surface area contributed by atoms with Crippen LogP contribution in [0.5, 0.6) is 0 Å². The van der Waals surface area contributed by atoms with Gasteiger partial charge in [0.05, 0.1) is 5.60 Å². The van der Waals surface area contributed by atoms with Crippen molar-refractivity contribution in [2.75, 3.05) is 0 Å². The van der Waals surface area contributed by atoms with Crippen LogP contribution in [0.1, 0.15) is 71.6 Å². The highest BCUT2D eigenvalue weighted by molar-refractivity contribution is 5.09. The molecule has 2 saturated carbocycles. The summed E-state index contributed by atoms with van der Waals surface area (Å²) in [4.78, 5) is 0. The van der Waals surface area contributed by atoms with Crippen LogP contribution in [0, 0.1) is 5.41 Å². The second-order valence-corrected chi connectivity index (χ2v) is 6.94. The Morgan fingerprint density at radius 3 is 1.88 bits per heavy atom. The highest BCUT2D eigenvalue weighted by Crippen LogP contribution is 2.50. The van der Waals surface area contributed by atoms with Crippen molar-refractivity contribution in [3.63, 3.8) is 0 Å². The highest BCUT2D eigenvalue weighted by Gasteiger charge is 2.53. The molecule has 0 heterocycles. The average molecular weight is 225 g/mol. The molecular formula is C14H27NO. The molecule has 0 bridgehead atoms. The van der Waals surface area contributed by atoms with E-state index in [0.717, 1.165) is 32.1 Å². The van der Waals surface area contributed by atoms with E-state index in [1.165, 1.54) is 25.7 Å². The van der Waals surface area contributed by atoms with Crippen LogP contribution >= 0.6 is 0 Å². The van der Waals surface area contributed by atoms with E-state index in [1.807, 2.05) is 0 Å². The van der Waals surface area contributed by atoms with Crippen LogP contribution in [-0.4, -0.2) is 16.2 Å². The predicted octanol–water partition coefficient (Wildman–Crippen LogP) is 2.98. The van der Waals surface area contributed by atoms with Gasteiger partial charge in [-0.3, -0.25) is 0 Å². The standard InChI is InChI=1S/C14H27NO/c1-12(2)9-10-14(16,11-12)13(15)7-5-3-4-6-8-13/h16H,3-11,15H2,1-2H3. The molecule has 1 atom stereocenters. The predicted molar refractivity (Wildman–Crippen MR) is 67.2 cm³/mol. The second-order valence-electron chi connectivity index (χ2n) is 6.94. The summed E-state index contributed by atoms with van der Waals surface area (Å²) in [6.07, 6.45) is 9.89. The summed E-state index contributed by atoms with van der Waals surface area (Å²) in [5.41, 5.74) is 5.94. The van der Waals surface area contributed by atoms with Gasteiger partial charge < -0.3 is 10.8 Å². The van der Waals surface area contributed by atoms with E-state index >= 15 is 0 Å². The van der Waals surface area contributed by atoms with Gasteiger partial charge in [-0.1, -0.05) is 39.5 Å². The van der Waals surface area contributed by atoms with Crippen molar-refractivity contribution in [3.8, 4) is 0 Å². The molecule has 0 aromatic heterocycles. The minimum atomic E-state index is -0.596.